The molecule has 0 unspecified atom stereocenters. The van der Waals surface area contributed by atoms with Crippen LogP contribution in [0, 0.1) is 20.8 Å². The summed E-state index contributed by atoms with van der Waals surface area (Å²) in [7, 11) is 0. The number of phenolic OH excluding ortho intramolecular Hbond substituents is 1. The summed E-state index contributed by atoms with van der Waals surface area (Å²) in [5.41, 5.74) is 4.58. The van der Waals surface area contributed by atoms with E-state index in [0.717, 1.165) is 43.9 Å². The third-order valence-electron chi connectivity index (χ3n) is 3.77. The fraction of sp³-hybridized carbons (Fsp3) is 0.571. The van der Waals surface area contributed by atoms with Crippen LogP contribution in [0.2, 0.25) is 0 Å². The van der Waals surface area contributed by atoms with Crippen LogP contribution < -0.4 is 5.32 Å². The van der Waals surface area contributed by atoms with Crippen LogP contribution in [-0.4, -0.2) is 36.2 Å². The summed E-state index contributed by atoms with van der Waals surface area (Å²) in [5.74, 6) is 0.451. The molecule has 1 aliphatic rings. The summed E-state index contributed by atoms with van der Waals surface area (Å²) in [4.78, 5) is 2.47. The minimum atomic E-state index is 0.451. The molecule has 0 aliphatic carbocycles. The van der Waals surface area contributed by atoms with E-state index >= 15 is 0 Å². The fourth-order valence-electron chi connectivity index (χ4n) is 2.43. The van der Waals surface area contributed by atoms with Gasteiger partial charge in [-0.05, 0) is 43.0 Å². The summed E-state index contributed by atoms with van der Waals surface area (Å²) >= 11 is 0. The minimum Gasteiger partial charge on any atom is -0.507 e. The zero-order valence-electron chi connectivity index (χ0n) is 11.0. The molecule has 94 valence electrons. The summed E-state index contributed by atoms with van der Waals surface area (Å²) in [5, 5.41) is 13.3. The first-order valence-corrected chi connectivity index (χ1v) is 6.31. The van der Waals surface area contributed by atoms with E-state index < -0.39 is 0 Å². The molecule has 3 heteroatoms. The van der Waals surface area contributed by atoms with Gasteiger partial charge < -0.3 is 10.4 Å². The first kappa shape index (κ1) is 12.4. The van der Waals surface area contributed by atoms with E-state index in [-0.39, 0.29) is 0 Å². The third-order valence-corrected chi connectivity index (χ3v) is 3.77. The smallest absolute Gasteiger partial charge is 0.121 e. The van der Waals surface area contributed by atoms with Crippen LogP contribution in [0.1, 0.15) is 22.3 Å². The van der Waals surface area contributed by atoms with Crippen molar-refractivity contribution in [3.8, 4) is 5.75 Å². The predicted octanol–water partition coefficient (Wildman–Crippen LogP) is 1.72. The SMILES string of the molecule is Cc1cc(CN2CCNCC2)c(C)c(C)c1O. The Morgan fingerprint density at radius 3 is 2.47 bits per heavy atom. The lowest BCUT2D eigenvalue weighted by Crippen LogP contribution is -2.43. The Bertz CT molecular complexity index is 409. The molecule has 1 aliphatic heterocycles. The number of hydrogen-bond acceptors (Lipinski definition) is 3. The van der Waals surface area contributed by atoms with Gasteiger partial charge in [0.25, 0.3) is 0 Å². The molecule has 1 aromatic rings. The van der Waals surface area contributed by atoms with Gasteiger partial charge in [0.05, 0.1) is 0 Å². The molecule has 3 nitrogen and oxygen atoms in total. The molecular weight excluding hydrogens is 212 g/mol. The molecule has 0 atom stereocenters. The largest absolute Gasteiger partial charge is 0.507 e. The van der Waals surface area contributed by atoms with Crippen molar-refractivity contribution in [1.29, 1.82) is 0 Å². The van der Waals surface area contributed by atoms with Gasteiger partial charge in [0.15, 0.2) is 0 Å². The summed E-state index contributed by atoms with van der Waals surface area (Å²) in [6, 6.07) is 2.12. The molecule has 2 N–H and O–H groups in total. The predicted molar refractivity (Wildman–Crippen MR) is 70.5 cm³/mol. The first-order valence-electron chi connectivity index (χ1n) is 6.31. The molecular formula is C14H22N2O. The number of piperazine rings is 1. The Balaban J connectivity index is 2.20. The number of phenols is 1. The molecule has 0 amide bonds. The fourth-order valence-corrected chi connectivity index (χ4v) is 2.43. The molecule has 1 heterocycles. The number of aromatic hydroxyl groups is 1. The van der Waals surface area contributed by atoms with Crippen molar-refractivity contribution in [3.05, 3.63) is 28.3 Å². The van der Waals surface area contributed by atoms with Crippen molar-refractivity contribution in [2.75, 3.05) is 26.2 Å². The summed E-state index contributed by atoms with van der Waals surface area (Å²) in [6.45, 7) is 11.4. The average molecular weight is 234 g/mol. The number of hydrogen-bond donors (Lipinski definition) is 2. The topological polar surface area (TPSA) is 35.5 Å². The van der Waals surface area contributed by atoms with Crippen LogP contribution >= 0.6 is 0 Å². The maximum atomic E-state index is 9.89. The van der Waals surface area contributed by atoms with Crippen LogP contribution in [-0.2, 0) is 6.54 Å². The van der Waals surface area contributed by atoms with Gasteiger partial charge in [-0.3, -0.25) is 4.90 Å². The second kappa shape index (κ2) is 5.07. The van der Waals surface area contributed by atoms with E-state index in [1.807, 2.05) is 13.8 Å². The number of benzene rings is 1. The van der Waals surface area contributed by atoms with E-state index in [4.69, 9.17) is 0 Å². The molecule has 1 saturated heterocycles. The lowest BCUT2D eigenvalue weighted by molar-refractivity contribution is 0.232. The van der Waals surface area contributed by atoms with Crippen molar-refractivity contribution in [3.63, 3.8) is 0 Å². The molecule has 0 radical (unpaired) electrons. The lowest BCUT2D eigenvalue weighted by atomic mass is 9.98. The Hall–Kier alpha value is -1.06. The van der Waals surface area contributed by atoms with Gasteiger partial charge in [0, 0.05) is 32.7 Å². The Kier molecular flexibility index (Phi) is 3.69. The van der Waals surface area contributed by atoms with Gasteiger partial charge in [0.2, 0.25) is 0 Å². The molecule has 0 bridgehead atoms. The molecule has 1 fully saturated rings. The van der Waals surface area contributed by atoms with Crippen LogP contribution in [0.25, 0.3) is 0 Å². The maximum absolute atomic E-state index is 9.89. The highest BCUT2D eigenvalue weighted by Crippen LogP contribution is 2.28. The van der Waals surface area contributed by atoms with Crippen LogP contribution in [0.5, 0.6) is 5.75 Å². The van der Waals surface area contributed by atoms with Gasteiger partial charge in [0.1, 0.15) is 5.75 Å². The van der Waals surface area contributed by atoms with Gasteiger partial charge in [-0.25, -0.2) is 0 Å². The second-order valence-corrected chi connectivity index (χ2v) is 4.98. The quantitative estimate of drug-likeness (QED) is 0.818. The van der Waals surface area contributed by atoms with Crippen molar-refractivity contribution >= 4 is 0 Å². The molecule has 1 aromatic carbocycles. The Labute approximate surface area is 103 Å². The van der Waals surface area contributed by atoms with E-state index in [1.54, 1.807) is 0 Å². The molecule has 17 heavy (non-hydrogen) atoms. The molecule has 0 spiro atoms. The zero-order valence-corrected chi connectivity index (χ0v) is 11.0. The number of aryl methyl sites for hydroxylation is 1. The van der Waals surface area contributed by atoms with E-state index in [1.165, 1.54) is 11.1 Å². The van der Waals surface area contributed by atoms with Crippen molar-refractivity contribution in [2.24, 2.45) is 0 Å². The minimum absolute atomic E-state index is 0.451. The second-order valence-electron chi connectivity index (χ2n) is 4.98. The van der Waals surface area contributed by atoms with Crippen LogP contribution in [0.3, 0.4) is 0 Å². The van der Waals surface area contributed by atoms with Crippen LogP contribution in [0.4, 0.5) is 0 Å². The lowest BCUT2D eigenvalue weighted by Gasteiger charge is -2.28. The van der Waals surface area contributed by atoms with Gasteiger partial charge in [-0.1, -0.05) is 6.07 Å². The number of rotatable bonds is 2. The normalized spacial score (nSPS) is 17.4. The van der Waals surface area contributed by atoms with E-state index in [2.05, 4.69) is 23.2 Å². The monoisotopic (exact) mass is 234 g/mol. The number of nitrogens with one attached hydrogen (secondary N) is 1. The highest BCUT2D eigenvalue weighted by molar-refractivity contribution is 5.48. The average Bonchev–Trinajstić information content (AvgIpc) is 2.35. The Morgan fingerprint density at radius 2 is 1.82 bits per heavy atom. The molecule has 2 rings (SSSR count). The summed E-state index contributed by atoms with van der Waals surface area (Å²) in [6.07, 6.45) is 0. The number of nitrogens with zero attached hydrogens (tertiary/aromatic N) is 1. The van der Waals surface area contributed by atoms with Crippen molar-refractivity contribution < 1.29 is 5.11 Å². The first-order chi connectivity index (χ1) is 8.09. The van der Waals surface area contributed by atoms with Crippen molar-refractivity contribution in [2.45, 2.75) is 27.3 Å². The highest BCUT2D eigenvalue weighted by atomic mass is 16.3. The van der Waals surface area contributed by atoms with Gasteiger partial charge in [-0.15, -0.1) is 0 Å². The third kappa shape index (κ3) is 2.61. The maximum Gasteiger partial charge on any atom is 0.121 e. The van der Waals surface area contributed by atoms with Crippen LogP contribution in [0.15, 0.2) is 6.07 Å². The Morgan fingerprint density at radius 1 is 1.18 bits per heavy atom. The summed E-state index contributed by atoms with van der Waals surface area (Å²) < 4.78 is 0. The standard InChI is InChI=1S/C14H22N2O/c1-10-8-13(11(2)12(3)14(10)17)9-16-6-4-15-5-7-16/h8,15,17H,4-7,9H2,1-3H3. The zero-order chi connectivity index (χ0) is 12.4. The highest BCUT2D eigenvalue weighted by Gasteiger charge is 2.14. The van der Waals surface area contributed by atoms with Gasteiger partial charge in [-0.2, -0.15) is 0 Å². The molecule has 0 saturated carbocycles. The van der Waals surface area contributed by atoms with Gasteiger partial charge >= 0.3 is 0 Å². The van der Waals surface area contributed by atoms with Crippen molar-refractivity contribution in [1.82, 2.24) is 10.2 Å². The van der Waals surface area contributed by atoms with E-state index in [0.29, 0.717) is 5.75 Å². The molecule has 0 aromatic heterocycles. The van der Waals surface area contributed by atoms with E-state index in [9.17, 15) is 5.11 Å².